The third-order valence-corrected chi connectivity index (χ3v) is 1.81. The molecule has 0 N–H and O–H groups in total. The fourth-order valence-electron chi connectivity index (χ4n) is 0.779. The molecule has 0 amide bonds. The van der Waals surface area contributed by atoms with Crippen molar-refractivity contribution in [2.24, 2.45) is 0 Å². The predicted octanol–water partition coefficient (Wildman–Crippen LogP) is -2.53. The van der Waals surface area contributed by atoms with Crippen LogP contribution in [-0.4, -0.2) is 20.9 Å². The first-order chi connectivity index (χ1) is 5.74. The third kappa shape index (κ3) is 4.03. The van der Waals surface area contributed by atoms with Crippen LogP contribution in [0.5, 0.6) is 0 Å². The normalized spacial score (nSPS) is 11.8. The van der Waals surface area contributed by atoms with Crippen molar-refractivity contribution in [3.63, 3.8) is 0 Å². The zero-order chi connectivity index (χ0) is 8.97. The van der Waals surface area contributed by atoms with Gasteiger partial charge in [-0.15, -0.1) is 0 Å². The van der Waals surface area contributed by atoms with E-state index in [4.69, 9.17) is 4.74 Å². The van der Waals surface area contributed by atoms with Crippen molar-refractivity contribution in [3.05, 3.63) is 23.9 Å². The van der Waals surface area contributed by atoms with Crippen molar-refractivity contribution in [1.82, 2.24) is 4.98 Å². The van der Waals surface area contributed by atoms with E-state index in [1.165, 1.54) is 13.2 Å². The summed E-state index contributed by atoms with van der Waals surface area (Å²) in [6.07, 6.45) is 0. The maximum absolute atomic E-state index is 10.5. The summed E-state index contributed by atoms with van der Waals surface area (Å²) in [5, 5.41) is 0.0459. The van der Waals surface area contributed by atoms with Crippen LogP contribution in [0.4, 0.5) is 0 Å². The topological polar surface area (TPSA) is 62.2 Å². The van der Waals surface area contributed by atoms with E-state index in [-0.39, 0.29) is 23.9 Å². The molecule has 1 unspecified atom stereocenters. The zero-order valence-electron chi connectivity index (χ0n) is 7.52. The minimum absolute atomic E-state index is 0. The molecule has 1 aromatic heterocycles. The number of methoxy groups -OCH3 is 1. The molecule has 1 rings (SSSR count). The second-order valence-corrected chi connectivity index (χ2v) is 3.02. The fourth-order valence-corrected chi connectivity index (χ4v) is 1.16. The molecule has 0 saturated heterocycles. The van der Waals surface area contributed by atoms with Gasteiger partial charge in [-0.2, -0.15) is 0 Å². The summed E-state index contributed by atoms with van der Waals surface area (Å²) in [4.78, 5) is 3.82. The Morgan fingerprint density at radius 1 is 1.62 bits per heavy atom. The van der Waals surface area contributed by atoms with Gasteiger partial charge in [0.05, 0.1) is 12.3 Å². The van der Waals surface area contributed by atoms with Crippen molar-refractivity contribution in [1.29, 1.82) is 0 Å². The molecule has 1 heterocycles. The Kier molecular flexibility index (Phi) is 6.21. The second-order valence-electron chi connectivity index (χ2n) is 2.13. The molecule has 0 saturated carbocycles. The molecule has 6 heteroatoms. The van der Waals surface area contributed by atoms with Crippen molar-refractivity contribution >= 4 is 11.1 Å². The summed E-state index contributed by atoms with van der Waals surface area (Å²) in [5.41, 5.74) is 0.610. The zero-order valence-corrected chi connectivity index (χ0v) is 8.34. The van der Waals surface area contributed by atoms with E-state index in [0.29, 0.717) is 12.3 Å². The molecular weight excluding hydrogens is 185 g/mol. The Morgan fingerprint density at radius 2 is 2.31 bits per heavy atom. The van der Waals surface area contributed by atoms with Crippen LogP contribution in [0.25, 0.3) is 0 Å². The quantitative estimate of drug-likeness (QED) is 0.392. The molecule has 4 nitrogen and oxygen atoms in total. The maximum Gasteiger partial charge on any atom is 1.00 e. The summed E-state index contributed by atoms with van der Waals surface area (Å²) < 4.78 is 25.7. The number of rotatable bonds is 3. The van der Waals surface area contributed by atoms with Gasteiger partial charge in [-0.05, 0) is 23.2 Å². The van der Waals surface area contributed by atoms with Crippen molar-refractivity contribution < 1.29 is 32.4 Å². The molecule has 0 aromatic carbocycles. The number of aromatic nitrogens is 1. The Morgan fingerprint density at radius 3 is 2.85 bits per heavy atom. The first-order valence-electron chi connectivity index (χ1n) is 3.28. The molecule has 0 bridgehead atoms. The first kappa shape index (κ1) is 12.8. The molecule has 0 aliphatic carbocycles. The van der Waals surface area contributed by atoms with E-state index in [1.54, 1.807) is 12.1 Å². The maximum atomic E-state index is 10.5. The van der Waals surface area contributed by atoms with E-state index in [1.807, 2.05) is 0 Å². The molecule has 0 radical (unpaired) electrons. The van der Waals surface area contributed by atoms with Crippen LogP contribution in [0, 0.1) is 0 Å². The van der Waals surface area contributed by atoms with Gasteiger partial charge in [-0.1, -0.05) is 6.07 Å². The van der Waals surface area contributed by atoms with Gasteiger partial charge in [-0.3, -0.25) is 4.21 Å². The molecule has 13 heavy (non-hydrogen) atoms. The SMILES string of the molecule is COCc1cccc(S(=O)[O-])n1.[Li+]. The summed E-state index contributed by atoms with van der Waals surface area (Å²) in [7, 11) is 1.53. The predicted molar refractivity (Wildman–Crippen MR) is 42.1 cm³/mol. The van der Waals surface area contributed by atoms with Gasteiger partial charge < -0.3 is 9.29 Å². The minimum Gasteiger partial charge on any atom is -0.767 e. The van der Waals surface area contributed by atoms with Crippen LogP contribution in [0.2, 0.25) is 0 Å². The number of pyridine rings is 1. The van der Waals surface area contributed by atoms with Crippen LogP contribution in [0.3, 0.4) is 0 Å². The van der Waals surface area contributed by atoms with Crippen LogP contribution < -0.4 is 18.9 Å². The van der Waals surface area contributed by atoms with Gasteiger partial charge in [0.15, 0.2) is 0 Å². The molecule has 1 aromatic rings. The average Bonchev–Trinajstić information content (AvgIpc) is 2.05. The fraction of sp³-hybridized carbons (Fsp3) is 0.286. The van der Waals surface area contributed by atoms with Gasteiger partial charge in [0.25, 0.3) is 0 Å². The summed E-state index contributed by atoms with van der Waals surface area (Å²) in [6.45, 7) is 0.324. The van der Waals surface area contributed by atoms with E-state index in [0.717, 1.165) is 0 Å². The minimum atomic E-state index is -2.26. The number of hydrogen-bond acceptors (Lipinski definition) is 4. The van der Waals surface area contributed by atoms with Crippen LogP contribution in [0.15, 0.2) is 23.2 Å². The van der Waals surface area contributed by atoms with Gasteiger partial charge >= 0.3 is 18.9 Å². The largest absolute Gasteiger partial charge is 1.00 e. The summed E-state index contributed by atoms with van der Waals surface area (Å²) in [6, 6.07) is 4.77. The number of nitrogens with zero attached hydrogens (tertiary/aromatic N) is 1. The van der Waals surface area contributed by atoms with Crippen molar-refractivity contribution in [3.8, 4) is 0 Å². The van der Waals surface area contributed by atoms with E-state index < -0.39 is 11.1 Å². The van der Waals surface area contributed by atoms with Gasteiger partial charge in [0.2, 0.25) is 0 Å². The average molecular weight is 193 g/mol. The first-order valence-corrected chi connectivity index (χ1v) is 4.35. The second kappa shape index (κ2) is 6.30. The van der Waals surface area contributed by atoms with Crippen LogP contribution in [0.1, 0.15) is 5.69 Å². The van der Waals surface area contributed by atoms with E-state index in [2.05, 4.69) is 4.98 Å². The standard InChI is InChI=1S/C7H9NO3S.Li/c1-11-5-6-3-2-4-7(8-6)12(9)10;/h2-4H,5H2,1H3,(H,9,10);/q;+1/p-1. The smallest absolute Gasteiger partial charge is 0.767 e. The molecule has 66 valence electrons. The van der Waals surface area contributed by atoms with E-state index in [9.17, 15) is 8.76 Å². The Balaban J connectivity index is 0.00000144. The number of hydrogen-bond donors (Lipinski definition) is 0. The van der Waals surface area contributed by atoms with Crippen LogP contribution in [-0.2, 0) is 22.4 Å². The Labute approximate surface area is 91.2 Å². The molecule has 0 aliphatic rings. The van der Waals surface area contributed by atoms with Crippen molar-refractivity contribution in [2.45, 2.75) is 11.6 Å². The van der Waals surface area contributed by atoms with Crippen molar-refractivity contribution in [2.75, 3.05) is 7.11 Å². The summed E-state index contributed by atoms with van der Waals surface area (Å²) >= 11 is -2.26. The molecular formula is C7H8LiNO3S. The Hall–Kier alpha value is -0.183. The molecule has 0 aliphatic heterocycles. The number of ether oxygens (including phenoxy) is 1. The molecule has 1 atom stereocenters. The Bertz CT molecular complexity index is 295. The van der Waals surface area contributed by atoms with Gasteiger partial charge in [-0.25, -0.2) is 4.98 Å². The van der Waals surface area contributed by atoms with Gasteiger partial charge in [0, 0.05) is 7.11 Å². The van der Waals surface area contributed by atoms with E-state index >= 15 is 0 Å². The van der Waals surface area contributed by atoms with Gasteiger partial charge in [0.1, 0.15) is 5.03 Å². The monoisotopic (exact) mass is 193 g/mol. The molecule has 0 spiro atoms. The summed E-state index contributed by atoms with van der Waals surface area (Å²) in [5.74, 6) is 0. The van der Waals surface area contributed by atoms with Crippen LogP contribution >= 0.6 is 0 Å². The molecule has 0 fully saturated rings. The third-order valence-electron chi connectivity index (χ3n) is 1.24.